The molecule has 4 atom stereocenters. The van der Waals surface area contributed by atoms with E-state index in [2.05, 4.69) is 0 Å². The van der Waals surface area contributed by atoms with E-state index in [1.165, 1.54) is 4.90 Å². The number of carbonyl (C=O) groups is 2. The Morgan fingerprint density at radius 1 is 0.960 bits per heavy atom. The SMILES string of the molecule is C[C@@]12C=C[C@@H](O1)[C@@H]1C(=O)N(c3ccccc3-c3ccccc3)C(=O)[C@@H]12. The number of nitrogens with zero attached hydrogens (tertiary/aromatic N) is 1. The summed E-state index contributed by atoms with van der Waals surface area (Å²) in [6.45, 7) is 1.89. The smallest absolute Gasteiger partial charge is 0.241 e. The highest BCUT2D eigenvalue weighted by Crippen LogP contribution is 2.52. The van der Waals surface area contributed by atoms with Gasteiger partial charge in [0.15, 0.2) is 0 Å². The zero-order valence-corrected chi connectivity index (χ0v) is 13.8. The molecule has 0 spiro atoms. The Bertz CT molecular complexity index is 920. The van der Waals surface area contributed by atoms with Crippen LogP contribution in [0.25, 0.3) is 11.1 Å². The first kappa shape index (κ1) is 14.6. The first-order chi connectivity index (χ1) is 12.1. The lowest BCUT2D eigenvalue weighted by Gasteiger charge is -2.25. The number of rotatable bonds is 2. The minimum absolute atomic E-state index is 0.156. The zero-order valence-electron chi connectivity index (χ0n) is 13.8. The van der Waals surface area contributed by atoms with E-state index in [0.29, 0.717) is 5.69 Å². The highest BCUT2D eigenvalue weighted by atomic mass is 16.5. The molecule has 2 bridgehead atoms. The summed E-state index contributed by atoms with van der Waals surface area (Å²) in [6.07, 6.45) is 3.55. The van der Waals surface area contributed by atoms with Gasteiger partial charge in [0.25, 0.3) is 0 Å². The van der Waals surface area contributed by atoms with Crippen LogP contribution in [0.5, 0.6) is 0 Å². The molecule has 0 saturated carbocycles. The number of ether oxygens (including phenoxy) is 1. The molecule has 2 saturated heterocycles. The summed E-state index contributed by atoms with van der Waals surface area (Å²) in [7, 11) is 0. The van der Waals surface area contributed by atoms with Crippen LogP contribution >= 0.6 is 0 Å². The van der Waals surface area contributed by atoms with Gasteiger partial charge in [-0.15, -0.1) is 0 Å². The maximum absolute atomic E-state index is 13.2. The first-order valence-electron chi connectivity index (χ1n) is 8.49. The quantitative estimate of drug-likeness (QED) is 0.627. The van der Waals surface area contributed by atoms with Crippen LogP contribution in [0.1, 0.15) is 6.92 Å². The van der Waals surface area contributed by atoms with Crippen molar-refractivity contribution in [3.8, 4) is 11.1 Å². The number of carbonyl (C=O) groups excluding carboxylic acids is 2. The molecule has 0 unspecified atom stereocenters. The molecule has 0 aromatic heterocycles. The lowest BCUT2D eigenvalue weighted by atomic mass is 9.78. The molecule has 2 fully saturated rings. The molecule has 2 amide bonds. The number of fused-ring (bicyclic) bond motifs is 5. The van der Waals surface area contributed by atoms with Crippen LogP contribution in [0.15, 0.2) is 66.7 Å². The zero-order chi connectivity index (χ0) is 17.2. The van der Waals surface area contributed by atoms with E-state index in [4.69, 9.17) is 4.74 Å². The lowest BCUT2D eigenvalue weighted by molar-refractivity contribution is -0.126. The van der Waals surface area contributed by atoms with Crippen LogP contribution < -0.4 is 4.90 Å². The second-order valence-electron chi connectivity index (χ2n) is 7.02. The van der Waals surface area contributed by atoms with Gasteiger partial charge in [0.1, 0.15) is 0 Å². The van der Waals surface area contributed by atoms with E-state index < -0.39 is 17.4 Å². The van der Waals surface area contributed by atoms with E-state index in [-0.39, 0.29) is 17.9 Å². The van der Waals surface area contributed by atoms with Crippen molar-refractivity contribution in [2.24, 2.45) is 11.8 Å². The molecule has 2 aromatic rings. The lowest BCUT2D eigenvalue weighted by Crippen LogP contribution is -2.38. The van der Waals surface area contributed by atoms with E-state index in [1.54, 1.807) is 0 Å². The standard InChI is InChI=1S/C21H17NO3/c1-21-12-11-16(25-21)17-18(21)20(24)22(19(17)23)15-10-6-5-9-14(15)13-7-3-2-4-8-13/h2-12,16-18H,1H3/t16-,17+,18-,21+/m1/s1. The third kappa shape index (κ3) is 1.86. The minimum Gasteiger partial charge on any atom is -0.362 e. The van der Waals surface area contributed by atoms with E-state index in [0.717, 1.165) is 11.1 Å². The van der Waals surface area contributed by atoms with Crippen molar-refractivity contribution >= 4 is 17.5 Å². The maximum atomic E-state index is 13.2. The molecule has 0 radical (unpaired) electrons. The molecule has 2 aromatic carbocycles. The van der Waals surface area contributed by atoms with Crippen molar-refractivity contribution in [2.75, 3.05) is 4.90 Å². The molecule has 3 heterocycles. The molecular weight excluding hydrogens is 314 g/mol. The van der Waals surface area contributed by atoms with Crippen molar-refractivity contribution in [2.45, 2.75) is 18.6 Å². The summed E-state index contributed by atoms with van der Waals surface area (Å²) in [4.78, 5) is 27.6. The number of para-hydroxylation sites is 1. The highest BCUT2D eigenvalue weighted by molar-refractivity contribution is 6.24. The van der Waals surface area contributed by atoms with Gasteiger partial charge in [-0.25, -0.2) is 4.90 Å². The molecule has 0 N–H and O–H groups in total. The van der Waals surface area contributed by atoms with Crippen LogP contribution in [0, 0.1) is 11.8 Å². The third-order valence-corrected chi connectivity index (χ3v) is 5.56. The Labute approximate surface area is 145 Å². The van der Waals surface area contributed by atoms with Crippen molar-refractivity contribution in [3.63, 3.8) is 0 Å². The summed E-state index contributed by atoms with van der Waals surface area (Å²) in [5.74, 6) is -1.16. The fourth-order valence-corrected chi connectivity index (χ4v) is 4.42. The highest BCUT2D eigenvalue weighted by Gasteiger charge is 2.66. The van der Waals surface area contributed by atoms with Gasteiger partial charge < -0.3 is 4.74 Å². The average Bonchev–Trinajstić information content (AvgIpc) is 3.24. The number of hydrogen-bond donors (Lipinski definition) is 0. The van der Waals surface area contributed by atoms with Crippen LogP contribution in [0.3, 0.4) is 0 Å². The van der Waals surface area contributed by atoms with Crippen LogP contribution in [0.4, 0.5) is 5.69 Å². The van der Waals surface area contributed by atoms with Crippen molar-refractivity contribution in [1.82, 2.24) is 0 Å². The van der Waals surface area contributed by atoms with Crippen LogP contribution in [0.2, 0.25) is 0 Å². The minimum atomic E-state index is -0.668. The van der Waals surface area contributed by atoms with Gasteiger partial charge >= 0.3 is 0 Å². The normalized spacial score (nSPS) is 32.5. The topological polar surface area (TPSA) is 46.6 Å². The summed E-state index contributed by atoms with van der Waals surface area (Å²) >= 11 is 0. The average molecular weight is 331 g/mol. The fraction of sp³-hybridized carbons (Fsp3) is 0.238. The predicted octanol–water partition coefficient (Wildman–Crippen LogP) is 3.19. The second-order valence-corrected chi connectivity index (χ2v) is 7.02. The molecule has 5 rings (SSSR count). The maximum Gasteiger partial charge on any atom is 0.241 e. The largest absolute Gasteiger partial charge is 0.362 e. The van der Waals surface area contributed by atoms with Gasteiger partial charge in [0.05, 0.1) is 29.2 Å². The number of amides is 2. The van der Waals surface area contributed by atoms with Gasteiger partial charge in [-0.05, 0) is 18.6 Å². The summed E-state index contributed by atoms with van der Waals surface area (Å²) in [5.41, 5.74) is 1.86. The predicted molar refractivity (Wildman–Crippen MR) is 93.8 cm³/mol. The Hall–Kier alpha value is -2.72. The Balaban J connectivity index is 1.63. The summed E-state index contributed by atoms with van der Waals surface area (Å²) in [6, 6.07) is 17.4. The fourth-order valence-electron chi connectivity index (χ4n) is 4.42. The third-order valence-electron chi connectivity index (χ3n) is 5.56. The van der Waals surface area contributed by atoms with Gasteiger partial charge in [0.2, 0.25) is 11.8 Å². The summed E-state index contributed by atoms with van der Waals surface area (Å²) < 4.78 is 5.89. The Morgan fingerprint density at radius 2 is 1.68 bits per heavy atom. The summed E-state index contributed by atoms with van der Waals surface area (Å²) in [5, 5.41) is 0. The molecular formula is C21H17NO3. The van der Waals surface area contributed by atoms with Crippen molar-refractivity contribution < 1.29 is 14.3 Å². The molecule has 25 heavy (non-hydrogen) atoms. The van der Waals surface area contributed by atoms with Gasteiger partial charge in [-0.2, -0.15) is 0 Å². The Kier molecular flexibility index (Phi) is 2.86. The Morgan fingerprint density at radius 3 is 2.44 bits per heavy atom. The number of hydrogen-bond acceptors (Lipinski definition) is 3. The van der Waals surface area contributed by atoms with Gasteiger partial charge in [-0.1, -0.05) is 60.7 Å². The van der Waals surface area contributed by atoms with Gasteiger partial charge in [-0.3, -0.25) is 9.59 Å². The van der Waals surface area contributed by atoms with Crippen LogP contribution in [-0.2, 0) is 14.3 Å². The number of imide groups is 1. The molecule has 4 nitrogen and oxygen atoms in total. The molecule has 3 aliphatic rings. The second kappa shape index (κ2) is 4.90. The number of benzene rings is 2. The van der Waals surface area contributed by atoms with E-state index in [1.807, 2.05) is 73.7 Å². The van der Waals surface area contributed by atoms with Crippen LogP contribution in [-0.4, -0.2) is 23.5 Å². The molecule has 3 aliphatic heterocycles. The van der Waals surface area contributed by atoms with Crippen molar-refractivity contribution in [1.29, 1.82) is 0 Å². The van der Waals surface area contributed by atoms with Crippen molar-refractivity contribution in [3.05, 3.63) is 66.7 Å². The van der Waals surface area contributed by atoms with Gasteiger partial charge in [0, 0.05) is 5.56 Å². The van der Waals surface area contributed by atoms with E-state index >= 15 is 0 Å². The molecule has 124 valence electrons. The van der Waals surface area contributed by atoms with E-state index in [9.17, 15) is 9.59 Å². The molecule has 0 aliphatic carbocycles. The first-order valence-corrected chi connectivity index (χ1v) is 8.49. The molecule has 4 heteroatoms. The monoisotopic (exact) mass is 331 g/mol. The number of anilines is 1.